The Bertz CT molecular complexity index is 567. The zero-order chi connectivity index (χ0) is 13.8. The molecule has 0 saturated carbocycles. The molecule has 1 N–H and O–H groups in total. The lowest BCUT2D eigenvalue weighted by Crippen LogP contribution is -2.13. The smallest absolute Gasteiger partial charge is 0.159 e. The van der Waals surface area contributed by atoms with Crippen LogP contribution < -0.4 is 5.32 Å². The highest BCUT2D eigenvalue weighted by molar-refractivity contribution is 9.10. The summed E-state index contributed by atoms with van der Waals surface area (Å²) in [4.78, 5) is 0. The van der Waals surface area contributed by atoms with Crippen molar-refractivity contribution in [2.24, 2.45) is 0 Å². The van der Waals surface area contributed by atoms with E-state index >= 15 is 0 Å². The van der Waals surface area contributed by atoms with Gasteiger partial charge in [-0.3, -0.25) is 0 Å². The summed E-state index contributed by atoms with van der Waals surface area (Å²) in [6, 6.07) is 8.32. The van der Waals surface area contributed by atoms with Gasteiger partial charge in [0.15, 0.2) is 11.6 Å². The lowest BCUT2D eigenvalue weighted by atomic mass is 10.2. The number of halogens is 4. The second kappa shape index (κ2) is 6.21. The first-order chi connectivity index (χ1) is 9.04. The molecule has 1 nitrogen and oxygen atoms in total. The zero-order valence-electron chi connectivity index (χ0n) is 9.89. The van der Waals surface area contributed by atoms with Gasteiger partial charge >= 0.3 is 0 Å². The van der Waals surface area contributed by atoms with E-state index in [-0.39, 0.29) is 5.82 Å². The van der Waals surface area contributed by atoms with Crippen molar-refractivity contribution in [1.29, 1.82) is 0 Å². The van der Waals surface area contributed by atoms with E-state index in [4.69, 9.17) is 0 Å². The fourth-order valence-electron chi connectivity index (χ4n) is 1.71. The molecule has 0 atom stereocenters. The first-order valence-corrected chi connectivity index (χ1v) is 6.43. The minimum atomic E-state index is -0.868. The van der Waals surface area contributed by atoms with E-state index in [1.807, 2.05) is 0 Å². The van der Waals surface area contributed by atoms with Crippen LogP contribution >= 0.6 is 15.9 Å². The molecular weight excluding hydrogens is 319 g/mol. The Labute approximate surface area is 117 Å². The Kier molecular flexibility index (Phi) is 4.61. The van der Waals surface area contributed by atoms with Crippen molar-refractivity contribution < 1.29 is 13.2 Å². The second-order valence-corrected chi connectivity index (χ2v) is 5.05. The quantitative estimate of drug-likeness (QED) is 0.888. The van der Waals surface area contributed by atoms with Gasteiger partial charge in [0.25, 0.3) is 0 Å². The van der Waals surface area contributed by atoms with Crippen LogP contribution in [0.1, 0.15) is 11.1 Å². The zero-order valence-corrected chi connectivity index (χ0v) is 11.5. The predicted molar refractivity (Wildman–Crippen MR) is 71.0 cm³/mol. The molecule has 0 radical (unpaired) electrons. The molecule has 0 heterocycles. The van der Waals surface area contributed by atoms with E-state index in [1.165, 1.54) is 18.2 Å². The van der Waals surface area contributed by atoms with Crippen molar-refractivity contribution >= 4 is 15.9 Å². The van der Waals surface area contributed by atoms with Crippen LogP contribution in [-0.2, 0) is 13.1 Å². The van der Waals surface area contributed by atoms with Crippen molar-refractivity contribution in [2.45, 2.75) is 13.1 Å². The molecule has 2 rings (SSSR count). The summed E-state index contributed by atoms with van der Waals surface area (Å²) in [6.07, 6.45) is 0. The van der Waals surface area contributed by atoms with E-state index in [0.29, 0.717) is 23.1 Å². The van der Waals surface area contributed by atoms with E-state index in [9.17, 15) is 13.2 Å². The number of hydrogen-bond donors (Lipinski definition) is 1. The standard InChI is InChI=1S/C14H11BrF3N/c15-11-3-10(4-12(16)6-11)8-19-7-9-1-2-13(17)14(18)5-9/h1-6,19H,7-8H2. The van der Waals surface area contributed by atoms with Gasteiger partial charge in [0.05, 0.1) is 0 Å². The molecular formula is C14H11BrF3N. The fraction of sp³-hybridized carbons (Fsp3) is 0.143. The molecule has 5 heteroatoms. The van der Waals surface area contributed by atoms with E-state index < -0.39 is 11.6 Å². The molecule has 0 saturated heterocycles. The first kappa shape index (κ1) is 14.1. The maximum Gasteiger partial charge on any atom is 0.159 e. The molecule has 100 valence electrons. The summed E-state index contributed by atoms with van der Waals surface area (Å²) in [6.45, 7) is 0.820. The SMILES string of the molecule is Fc1cc(Br)cc(CNCc2ccc(F)c(F)c2)c1. The number of rotatable bonds is 4. The van der Waals surface area contributed by atoms with Crippen LogP contribution in [0, 0.1) is 17.5 Å². The van der Waals surface area contributed by atoms with E-state index in [1.54, 1.807) is 6.07 Å². The van der Waals surface area contributed by atoms with Crippen molar-refractivity contribution in [1.82, 2.24) is 5.32 Å². The summed E-state index contributed by atoms with van der Waals surface area (Å²) >= 11 is 3.21. The van der Waals surface area contributed by atoms with Crippen LogP contribution in [-0.4, -0.2) is 0 Å². The Morgan fingerprint density at radius 1 is 0.842 bits per heavy atom. The van der Waals surface area contributed by atoms with Gasteiger partial charge < -0.3 is 5.32 Å². The highest BCUT2D eigenvalue weighted by atomic mass is 79.9. The van der Waals surface area contributed by atoms with E-state index in [0.717, 1.165) is 17.7 Å². The lowest BCUT2D eigenvalue weighted by Gasteiger charge is -2.06. The Morgan fingerprint density at radius 3 is 2.26 bits per heavy atom. The minimum absolute atomic E-state index is 0.320. The molecule has 0 aliphatic heterocycles. The third-order valence-electron chi connectivity index (χ3n) is 2.56. The topological polar surface area (TPSA) is 12.0 Å². The molecule has 0 unspecified atom stereocenters. The lowest BCUT2D eigenvalue weighted by molar-refractivity contribution is 0.506. The van der Waals surface area contributed by atoms with Gasteiger partial charge in [-0.05, 0) is 41.5 Å². The van der Waals surface area contributed by atoms with Crippen LogP contribution in [0.25, 0.3) is 0 Å². The average Bonchev–Trinajstić information content (AvgIpc) is 2.32. The third kappa shape index (κ3) is 4.08. The van der Waals surface area contributed by atoms with Crippen molar-refractivity contribution in [3.8, 4) is 0 Å². The summed E-state index contributed by atoms with van der Waals surface area (Å²) in [7, 11) is 0. The molecule has 0 spiro atoms. The number of hydrogen-bond acceptors (Lipinski definition) is 1. The largest absolute Gasteiger partial charge is 0.309 e. The van der Waals surface area contributed by atoms with Gasteiger partial charge in [0, 0.05) is 17.6 Å². The number of benzene rings is 2. The average molecular weight is 330 g/mol. The van der Waals surface area contributed by atoms with Crippen LogP contribution in [0.2, 0.25) is 0 Å². The summed E-state index contributed by atoms with van der Waals surface area (Å²) in [5, 5.41) is 3.04. The highest BCUT2D eigenvalue weighted by Gasteiger charge is 2.03. The molecule has 0 bridgehead atoms. The molecule has 0 aliphatic carbocycles. The van der Waals surface area contributed by atoms with Crippen molar-refractivity contribution in [2.75, 3.05) is 0 Å². The maximum absolute atomic E-state index is 13.1. The van der Waals surface area contributed by atoms with Crippen molar-refractivity contribution in [3.63, 3.8) is 0 Å². The Hall–Kier alpha value is -1.33. The van der Waals surface area contributed by atoms with Crippen LogP contribution in [0.15, 0.2) is 40.9 Å². The summed E-state index contributed by atoms with van der Waals surface area (Å²) in [5.74, 6) is -2.05. The molecule has 2 aromatic rings. The van der Waals surface area contributed by atoms with Gasteiger partial charge in [-0.15, -0.1) is 0 Å². The van der Waals surface area contributed by atoms with E-state index in [2.05, 4.69) is 21.2 Å². The fourth-order valence-corrected chi connectivity index (χ4v) is 2.23. The van der Waals surface area contributed by atoms with Crippen LogP contribution in [0.3, 0.4) is 0 Å². The third-order valence-corrected chi connectivity index (χ3v) is 3.02. The Balaban J connectivity index is 1.94. The number of nitrogens with one attached hydrogen (secondary N) is 1. The summed E-state index contributed by atoms with van der Waals surface area (Å²) in [5.41, 5.74) is 1.41. The van der Waals surface area contributed by atoms with Crippen molar-refractivity contribution in [3.05, 3.63) is 69.4 Å². The Morgan fingerprint density at radius 2 is 1.58 bits per heavy atom. The summed E-state index contributed by atoms with van der Waals surface area (Å²) < 4.78 is 39.5. The van der Waals surface area contributed by atoms with Crippen LogP contribution in [0.4, 0.5) is 13.2 Å². The van der Waals surface area contributed by atoms with Gasteiger partial charge in [-0.2, -0.15) is 0 Å². The van der Waals surface area contributed by atoms with Gasteiger partial charge in [0.1, 0.15) is 5.82 Å². The predicted octanol–water partition coefficient (Wildman–Crippen LogP) is 4.16. The molecule has 2 aromatic carbocycles. The molecule has 19 heavy (non-hydrogen) atoms. The normalized spacial score (nSPS) is 10.7. The first-order valence-electron chi connectivity index (χ1n) is 5.64. The maximum atomic E-state index is 13.1. The van der Waals surface area contributed by atoms with Gasteiger partial charge in [0.2, 0.25) is 0 Å². The second-order valence-electron chi connectivity index (χ2n) is 4.13. The molecule has 0 aromatic heterocycles. The highest BCUT2D eigenvalue weighted by Crippen LogP contribution is 2.15. The molecule has 0 aliphatic rings. The minimum Gasteiger partial charge on any atom is -0.309 e. The van der Waals surface area contributed by atoms with Crippen LogP contribution in [0.5, 0.6) is 0 Å². The monoisotopic (exact) mass is 329 g/mol. The van der Waals surface area contributed by atoms with Gasteiger partial charge in [-0.25, -0.2) is 13.2 Å². The molecule has 0 fully saturated rings. The van der Waals surface area contributed by atoms with Gasteiger partial charge in [-0.1, -0.05) is 22.0 Å². The molecule has 0 amide bonds.